The zero-order valence-electron chi connectivity index (χ0n) is 10.0. The quantitative estimate of drug-likeness (QED) is 0.834. The van der Waals surface area contributed by atoms with Crippen LogP contribution in [0.1, 0.15) is 25.3 Å². The van der Waals surface area contributed by atoms with Crippen LogP contribution in [0, 0.1) is 0 Å². The lowest BCUT2D eigenvalue weighted by Crippen LogP contribution is -2.42. The largest absolute Gasteiger partial charge is 0.317 e. The van der Waals surface area contributed by atoms with Crippen molar-refractivity contribution >= 4 is 0 Å². The van der Waals surface area contributed by atoms with Crippen LogP contribution in [-0.2, 0) is 6.54 Å². The van der Waals surface area contributed by atoms with Crippen LogP contribution in [0.3, 0.4) is 0 Å². The molecule has 0 atom stereocenters. The first-order chi connectivity index (χ1) is 7.90. The van der Waals surface area contributed by atoms with Gasteiger partial charge in [0.25, 0.3) is 0 Å². The number of piperidine rings is 1. The van der Waals surface area contributed by atoms with Gasteiger partial charge < -0.3 is 5.32 Å². The van der Waals surface area contributed by atoms with Crippen molar-refractivity contribution in [3.63, 3.8) is 0 Å². The first-order valence-electron chi connectivity index (χ1n) is 6.24. The number of hydrogen-bond acceptors (Lipinski definition) is 3. The third-order valence-corrected chi connectivity index (χ3v) is 3.34. The van der Waals surface area contributed by atoms with E-state index in [0.717, 1.165) is 32.2 Å². The van der Waals surface area contributed by atoms with Gasteiger partial charge in [0.15, 0.2) is 0 Å². The number of rotatable bonds is 4. The molecule has 0 radical (unpaired) electrons. The van der Waals surface area contributed by atoms with Gasteiger partial charge in [-0.25, -0.2) is 0 Å². The molecular weight excluding hydrogens is 198 g/mol. The summed E-state index contributed by atoms with van der Waals surface area (Å²) in [4.78, 5) is 6.75. The summed E-state index contributed by atoms with van der Waals surface area (Å²) < 4.78 is 0. The summed E-state index contributed by atoms with van der Waals surface area (Å²) in [6, 6.07) is 4.92. The lowest BCUT2D eigenvalue weighted by atomic mass is 10.0. The van der Waals surface area contributed by atoms with E-state index < -0.39 is 0 Å². The van der Waals surface area contributed by atoms with Crippen LogP contribution in [0.15, 0.2) is 24.5 Å². The molecule has 1 aromatic rings. The van der Waals surface area contributed by atoms with E-state index in [1.54, 1.807) is 0 Å². The normalized spacial score (nSPS) is 17.9. The van der Waals surface area contributed by atoms with Crippen molar-refractivity contribution in [3.8, 4) is 0 Å². The van der Waals surface area contributed by atoms with Crippen molar-refractivity contribution in [3.05, 3.63) is 30.1 Å². The predicted molar refractivity (Wildman–Crippen MR) is 66.2 cm³/mol. The highest BCUT2D eigenvalue weighted by Gasteiger charge is 2.19. The van der Waals surface area contributed by atoms with E-state index in [9.17, 15) is 0 Å². The summed E-state index contributed by atoms with van der Waals surface area (Å²) in [5.74, 6) is 0. The van der Waals surface area contributed by atoms with Crippen LogP contribution in [0.4, 0.5) is 0 Å². The second kappa shape index (κ2) is 5.97. The van der Waals surface area contributed by atoms with Crippen LogP contribution < -0.4 is 5.32 Å². The Morgan fingerprint density at radius 2 is 2.25 bits per heavy atom. The number of nitrogens with zero attached hydrogens (tertiary/aromatic N) is 2. The molecule has 2 rings (SSSR count). The second-order valence-corrected chi connectivity index (χ2v) is 4.41. The smallest absolute Gasteiger partial charge is 0.0312 e. The van der Waals surface area contributed by atoms with E-state index >= 15 is 0 Å². The van der Waals surface area contributed by atoms with Crippen molar-refractivity contribution in [2.24, 2.45) is 0 Å². The molecule has 2 heterocycles. The van der Waals surface area contributed by atoms with Crippen LogP contribution >= 0.6 is 0 Å². The van der Waals surface area contributed by atoms with Gasteiger partial charge >= 0.3 is 0 Å². The van der Waals surface area contributed by atoms with Crippen molar-refractivity contribution in [1.82, 2.24) is 15.2 Å². The highest BCUT2D eigenvalue weighted by atomic mass is 15.2. The van der Waals surface area contributed by atoms with Gasteiger partial charge in [0.1, 0.15) is 0 Å². The SMILES string of the molecule is CCN(Cc1cccnc1)C1CCNCC1. The molecule has 3 nitrogen and oxygen atoms in total. The van der Waals surface area contributed by atoms with Gasteiger partial charge in [-0.1, -0.05) is 13.0 Å². The molecule has 1 aromatic heterocycles. The van der Waals surface area contributed by atoms with E-state index in [2.05, 4.69) is 28.2 Å². The molecule has 0 unspecified atom stereocenters. The Kier molecular flexibility index (Phi) is 4.31. The van der Waals surface area contributed by atoms with E-state index in [0.29, 0.717) is 0 Å². The van der Waals surface area contributed by atoms with E-state index in [1.165, 1.54) is 18.4 Å². The average molecular weight is 219 g/mol. The minimum Gasteiger partial charge on any atom is -0.317 e. The Bertz CT molecular complexity index is 293. The summed E-state index contributed by atoms with van der Waals surface area (Å²) in [6.45, 7) is 6.73. The molecule has 1 saturated heterocycles. The summed E-state index contributed by atoms with van der Waals surface area (Å²) in [7, 11) is 0. The molecule has 0 aromatic carbocycles. The highest BCUT2D eigenvalue weighted by molar-refractivity contribution is 5.08. The third-order valence-electron chi connectivity index (χ3n) is 3.34. The summed E-state index contributed by atoms with van der Waals surface area (Å²) in [5.41, 5.74) is 1.32. The van der Waals surface area contributed by atoms with Gasteiger partial charge in [-0.3, -0.25) is 9.88 Å². The minimum atomic E-state index is 0.742. The zero-order chi connectivity index (χ0) is 11.2. The van der Waals surface area contributed by atoms with Gasteiger partial charge in [0.2, 0.25) is 0 Å². The van der Waals surface area contributed by atoms with Crippen molar-refractivity contribution < 1.29 is 0 Å². The molecule has 0 amide bonds. The summed E-state index contributed by atoms with van der Waals surface area (Å²) in [5, 5.41) is 3.42. The number of aromatic nitrogens is 1. The van der Waals surface area contributed by atoms with Crippen LogP contribution in [0.5, 0.6) is 0 Å². The lowest BCUT2D eigenvalue weighted by Gasteiger charge is -2.33. The molecule has 0 saturated carbocycles. The standard InChI is InChI=1S/C13H21N3/c1-2-16(13-5-8-14-9-6-13)11-12-4-3-7-15-10-12/h3-4,7,10,13-14H,2,5-6,8-9,11H2,1H3. The molecular formula is C13H21N3. The monoisotopic (exact) mass is 219 g/mol. The third kappa shape index (κ3) is 3.03. The minimum absolute atomic E-state index is 0.742. The van der Waals surface area contributed by atoms with Crippen molar-refractivity contribution in [2.45, 2.75) is 32.4 Å². The molecule has 0 bridgehead atoms. The Labute approximate surface area is 97.9 Å². The molecule has 1 N–H and O–H groups in total. The number of pyridine rings is 1. The molecule has 16 heavy (non-hydrogen) atoms. The van der Waals surface area contributed by atoms with Crippen LogP contribution in [0.2, 0.25) is 0 Å². The summed E-state index contributed by atoms with van der Waals surface area (Å²) in [6.07, 6.45) is 6.36. The Morgan fingerprint density at radius 1 is 1.44 bits per heavy atom. The maximum absolute atomic E-state index is 4.18. The van der Waals surface area contributed by atoms with Gasteiger partial charge in [-0.15, -0.1) is 0 Å². The van der Waals surface area contributed by atoms with Gasteiger partial charge in [0, 0.05) is 25.0 Å². The number of hydrogen-bond donors (Lipinski definition) is 1. The Balaban J connectivity index is 1.94. The predicted octanol–water partition coefficient (Wildman–Crippen LogP) is 1.66. The molecule has 1 fully saturated rings. The first-order valence-corrected chi connectivity index (χ1v) is 6.24. The fourth-order valence-corrected chi connectivity index (χ4v) is 2.40. The Hall–Kier alpha value is -0.930. The maximum Gasteiger partial charge on any atom is 0.0312 e. The average Bonchev–Trinajstić information content (AvgIpc) is 2.38. The van der Waals surface area contributed by atoms with E-state index in [4.69, 9.17) is 0 Å². The fraction of sp³-hybridized carbons (Fsp3) is 0.615. The molecule has 1 aliphatic rings. The lowest BCUT2D eigenvalue weighted by molar-refractivity contribution is 0.162. The molecule has 3 heteroatoms. The van der Waals surface area contributed by atoms with Crippen molar-refractivity contribution in [1.29, 1.82) is 0 Å². The van der Waals surface area contributed by atoms with Gasteiger partial charge in [-0.2, -0.15) is 0 Å². The maximum atomic E-state index is 4.18. The second-order valence-electron chi connectivity index (χ2n) is 4.41. The molecule has 88 valence electrons. The zero-order valence-corrected chi connectivity index (χ0v) is 10.0. The van der Waals surface area contributed by atoms with Crippen molar-refractivity contribution in [2.75, 3.05) is 19.6 Å². The van der Waals surface area contributed by atoms with Gasteiger partial charge in [0.05, 0.1) is 0 Å². The molecule has 0 spiro atoms. The Morgan fingerprint density at radius 3 is 2.88 bits per heavy atom. The van der Waals surface area contributed by atoms with Gasteiger partial charge in [-0.05, 0) is 44.1 Å². The topological polar surface area (TPSA) is 28.2 Å². The van der Waals surface area contributed by atoms with E-state index in [1.807, 2.05) is 18.5 Å². The highest BCUT2D eigenvalue weighted by Crippen LogP contribution is 2.14. The summed E-state index contributed by atoms with van der Waals surface area (Å²) >= 11 is 0. The fourth-order valence-electron chi connectivity index (χ4n) is 2.40. The first kappa shape index (κ1) is 11.6. The number of nitrogens with one attached hydrogen (secondary N) is 1. The van der Waals surface area contributed by atoms with Crippen LogP contribution in [0.25, 0.3) is 0 Å². The molecule has 1 aliphatic heterocycles. The van der Waals surface area contributed by atoms with Crippen LogP contribution in [-0.4, -0.2) is 35.6 Å². The molecule has 0 aliphatic carbocycles. The van der Waals surface area contributed by atoms with E-state index in [-0.39, 0.29) is 0 Å².